The minimum Gasteiger partial charge on any atom is -0.465 e. The number of hydrogen-bond donors (Lipinski definition) is 1. The molecule has 0 spiro atoms. The molecule has 3 aromatic carbocycles. The van der Waals surface area contributed by atoms with Gasteiger partial charge in [-0.1, -0.05) is 85.3 Å². The van der Waals surface area contributed by atoms with Crippen molar-refractivity contribution >= 4 is 22.1 Å². The molecular weight excluding hydrogens is 518 g/mol. The molecule has 3 aromatic rings. The molecule has 0 heterocycles. The van der Waals surface area contributed by atoms with Crippen LogP contribution in [-0.4, -0.2) is 39.6 Å². The smallest absolute Gasteiger partial charge is 0.325 e. The lowest BCUT2D eigenvalue weighted by atomic mass is 10.0. The van der Waals surface area contributed by atoms with Crippen LogP contribution in [0.25, 0.3) is 0 Å². The van der Waals surface area contributed by atoms with Crippen molar-refractivity contribution in [2.24, 2.45) is 5.92 Å². The minimum absolute atomic E-state index is 0.0277. The molecule has 2 atom stereocenters. The van der Waals surface area contributed by atoms with Gasteiger partial charge in [-0.2, -0.15) is 18.2 Å². The van der Waals surface area contributed by atoms with E-state index in [9.17, 15) is 18.0 Å². The van der Waals surface area contributed by atoms with Gasteiger partial charge in [-0.3, -0.25) is 9.59 Å². The van der Waals surface area contributed by atoms with Gasteiger partial charge in [0.2, 0.25) is 0 Å². The highest BCUT2D eigenvalue weighted by Gasteiger charge is 2.25. The van der Waals surface area contributed by atoms with Crippen LogP contribution in [0.1, 0.15) is 36.5 Å². The van der Waals surface area contributed by atoms with E-state index < -0.39 is 22.1 Å². The van der Waals surface area contributed by atoms with E-state index in [0.29, 0.717) is 19.3 Å². The summed E-state index contributed by atoms with van der Waals surface area (Å²) in [5, 5.41) is 0. The maximum Gasteiger partial charge on any atom is 0.325 e. The molecule has 0 aliphatic carbocycles. The molecule has 0 bridgehead atoms. The maximum atomic E-state index is 12.8. The molecule has 208 valence electrons. The Morgan fingerprint density at radius 3 is 1.82 bits per heavy atom. The van der Waals surface area contributed by atoms with E-state index in [-0.39, 0.29) is 36.4 Å². The number of aryl methyl sites for hydroxylation is 1. The molecular formula is C30H35NO7S. The van der Waals surface area contributed by atoms with Gasteiger partial charge in [0.25, 0.3) is 0 Å². The molecule has 39 heavy (non-hydrogen) atoms. The van der Waals surface area contributed by atoms with E-state index in [2.05, 4.69) is 5.48 Å². The van der Waals surface area contributed by atoms with Crippen molar-refractivity contribution in [1.82, 2.24) is 5.48 Å². The maximum absolute atomic E-state index is 12.8. The molecule has 0 radical (unpaired) electrons. The lowest BCUT2D eigenvalue weighted by molar-refractivity contribution is -0.150. The van der Waals surface area contributed by atoms with E-state index in [0.717, 1.165) is 16.7 Å². The number of esters is 2. The molecule has 2 unspecified atom stereocenters. The van der Waals surface area contributed by atoms with Gasteiger partial charge in [0.15, 0.2) is 0 Å². The molecule has 0 saturated heterocycles. The Kier molecular flexibility index (Phi) is 11.7. The number of carbonyl (C=O) groups excluding carboxylic acids is 2. The van der Waals surface area contributed by atoms with E-state index >= 15 is 0 Å². The van der Waals surface area contributed by atoms with Crippen LogP contribution in [0.3, 0.4) is 0 Å². The molecule has 8 nitrogen and oxygen atoms in total. The van der Waals surface area contributed by atoms with Crippen molar-refractivity contribution in [3.8, 4) is 0 Å². The van der Waals surface area contributed by atoms with Crippen LogP contribution in [0.5, 0.6) is 0 Å². The molecule has 0 fully saturated rings. The summed E-state index contributed by atoms with van der Waals surface area (Å²) < 4.78 is 40.9. The zero-order valence-corrected chi connectivity index (χ0v) is 23.1. The first-order chi connectivity index (χ1) is 18.7. The summed E-state index contributed by atoms with van der Waals surface area (Å²) >= 11 is 0. The monoisotopic (exact) mass is 553 g/mol. The van der Waals surface area contributed by atoms with Crippen molar-refractivity contribution < 1.29 is 31.8 Å². The normalized spacial score (nSPS) is 12.9. The molecule has 3 rings (SSSR count). The highest BCUT2D eigenvalue weighted by atomic mass is 32.2. The van der Waals surface area contributed by atoms with Crippen molar-refractivity contribution in [1.29, 1.82) is 0 Å². The Labute approximate surface area is 230 Å². The summed E-state index contributed by atoms with van der Waals surface area (Å²) in [6.07, 6.45) is 1.77. The number of unbranched alkanes of at least 4 members (excludes halogenated alkanes) is 1. The van der Waals surface area contributed by atoms with Crippen LogP contribution >= 0.6 is 0 Å². The van der Waals surface area contributed by atoms with Gasteiger partial charge < -0.3 is 9.47 Å². The second-order valence-corrected chi connectivity index (χ2v) is 10.9. The van der Waals surface area contributed by atoms with Crippen molar-refractivity contribution in [3.63, 3.8) is 0 Å². The Balaban J connectivity index is 1.45. The first-order valence-electron chi connectivity index (χ1n) is 12.9. The second kappa shape index (κ2) is 15.2. The van der Waals surface area contributed by atoms with Crippen LogP contribution in [0.15, 0.2) is 89.8 Å². The van der Waals surface area contributed by atoms with Crippen LogP contribution in [-0.2, 0) is 46.3 Å². The lowest BCUT2D eigenvalue weighted by Crippen LogP contribution is -2.41. The number of hydrogen-bond acceptors (Lipinski definition) is 8. The number of rotatable bonds is 15. The standard InChI is InChI=1S/C30H35NO7S/c1-23-15-17-27(18-16-23)39(34,35)38-31-28(22-26-13-7-4-8-14-26)30(33)37-20-10-9-19-36-29(32)24(2)21-25-11-5-3-6-12-25/h3-8,11-18,24,28,31H,9-10,19-22H2,1-2H3. The first kappa shape index (κ1) is 30.0. The van der Waals surface area contributed by atoms with Crippen LogP contribution in [0.4, 0.5) is 0 Å². The fourth-order valence-electron chi connectivity index (χ4n) is 3.74. The van der Waals surface area contributed by atoms with E-state index in [1.165, 1.54) is 12.1 Å². The molecule has 0 aromatic heterocycles. The molecule has 9 heteroatoms. The van der Waals surface area contributed by atoms with Crippen molar-refractivity contribution in [3.05, 3.63) is 102 Å². The molecule has 0 aliphatic rings. The van der Waals surface area contributed by atoms with Gasteiger partial charge in [0.05, 0.1) is 24.0 Å². The topological polar surface area (TPSA) is 108 Å². The summed E-state index contributed by atoms with van der Waals surface area (Å²) in [6.45, 7) is 3.99. The zero-order chi connectivity index (χ0) is 28.1. The second-order valence-electron chi connectivity index (χ2n) is 9.34. The summed E-state index contributed by atoms with van der Waals surface area (Å²) in [4.78, 5) is 25.0. The number of benzene rings is 3. The average Bonchev–Trinajstić information content (AvgIpc) is 2.94. The first-order valence-corrected chi connectivity index (χ1v) is 14.3. The Morgan fingerprint density at radius 2 is 1.26 bits per heavy atom. The number of nitrogens with one attached hydrogen (secondary N) is 1. The van der Waals surface area contributed by atoms with Gasteiger partial charge >= 0.3 is 22.1 Å². The van der Waals surface area contributed by atoms with Crippen molar-refractivity contribution in [2.45, 2.75) is 50.5 Å². The van der Waals surface area contributed by atoms with E-state index in [1.54, 1.807) is 12.1 Å². The summed E-state index contributed by atoms with van der Waals surface area (Å²) in [5.41, 5.74) is 5.17. The predicted octanol–water partition coefficient (Wildman–Crippen LogP) is 4.56. The van der Waals surface area contributed by atoms with E-state index in [4.69, 9.17) is 13.8 Å². The van der Waals surface area contributed by atoms with Gasteiger partial charge in [0, 0.05) is 6.42 Å². The Hall–Kier alpha value is -3.53. The highest BCUT2D eigenvalue weighted by molar-refractivity contribution is 7.86. The fraction of sp³-hybridized carbons (Fsp3) is 0.333. The molecule has 0 amide bonds. The number of carbonyl (C=O) groups is 2. The largest absolute Gasteiger partial charge is 0.465 e. The quantitative estimate of drug-likeness (QED) is 0.166. The average molecular weight is 554 g/mol. The van der Waals surface area contributed by atoms with E-state index in [1.807, 2.05) is 74.5 Å². The van der Waals surface area contributed by atoms with Crippen LogP contribution < -0.4 is 5.48 Å². The summed E-state index contributed by atoms with van der Waals surface area (Å²) in [5.74, 6) is -1.17. The zero-order valence-electron chi connectivity index (χ0n) is 22.2. The van der Waals surface area contributed by atoms with Gasteiger partial charge in [-0.25, -0.2) is 0 Å². The lowest BCUT2D eigenvalue weighted by Gasteiger charge is -2.17. The predicted molar refractivity (Wildman–Crippen MR) is 147 cm³/mol. The third-order valence-corrected chi connectivity index (χ3v) is 7.16. The third-order valence-electron chi connectivity index (χ3n) is 5.99. The summed E-state index contributed by atoms with van der Waals surface area (Å²) in [6, 6.07) is 24.0. The van der Waals surface area contributed by atoms with Crippen LogP contribution in [0, 0.1) is 12.8 Å². The van der Waals surface area contributed by atoms with Gasteiger partial charge in [-0.05, 0) is 49.4 Å². The fourth-order valence-corrected chi connectivity index (χ4v) is 4.55. The third kappa shape index (κ3) is 10.3. The van der Waals surface area contributed by atoms with Gasteiger partial charge in [0.1, 0.15) is 6.04 Å². The molecule has 0 aliphatic heterocycles. The number of ether oxygens (including phenoxy) is 2. The van der Waals surface area contributed by atoms with Crippen LogP contribution in [0.2, 0.25) is 0 Å². The summed E-state index contributed by atoms with van der Waals surface area (Å²) in [7, 11) is -4.13. The Bertz CT molecular complexity index is 1280. The number of hydroxylamine groups is 1. The molecule has 0 saturated carbocycles. The minimum atomic E-state index is -4.13. The SMILES string of the molecule is Cc1ccc(S(=O)(=O)ONC(Cc2ccccc2)C(=O)OCCCCOC(=O)C(C)Cc2ccccc2)cc1. The van der Waals surface area contributed by atoms with Crippen molar-refractivity contribution in [2.75, 3.05) is 13.2 Å². The highest BCUT2D eigenvalue weighted by Crippen LogP contribution is 2.14. The Morgan fingerprint density at radius 1 is 0.744 bits per heavy atom. The molecule has 1 N–H and O–H groups in total. The van der Waals surface area contributed by atoms with Gasteiger partial charge in [-0.15, -0.1) is 0 Å².